The Labute approximate surface area is 79.0 Å². The van der Waals surface area contributed by atoms with Gasteiger partial charge in [-0.05, 0) is 31.6 Å². The van der Waals surface area contributed by atoms with E-state index in [9.17, 15) is 4.79 Å². The number of ether oxygens (including phenoxy) is 1. The van der Waals surface area contributed by atoms with Crippen molar-refractivity contribution in [1.82, 2.24) is 0 Å². The molecule has 0 saturated carbocycles. The van der Waals surface area contributed by atoms with Crippen LogP contribution in [0.3, 0.4) is 0 Å². The highest BCUT2D eigenvalue weighted by Gasteiger charge is 2.36. The molecule has 2 rings (SSSR count). The lowest BCUT2D eigenvalue weighted by atomic mass is 9.74. The zero-order valence-corrected chi connectivity index (χ0v) is 8.25. The van der Waals surface area contributed by atoms with Gasteiger partial charge in [-0.15, -0.1) is 0 Å². The molecule has 1 fully saturated rings. The number of hydrogen-bond donors (Lipinski definition) is 0. The molecule has 0 amide bonds. The van der Waals surface area contributed by atoms with Crippen molar-refractivity contribution in [3.05, 3.63) is 11.6 Å². The molecule has 0 aromatic carbocycles. The zero-order chi connectivity index (χ0) is 9.42. The van der Waals surface area contributed by atoms with E-state index in [0.29, 0.717) is 18.4 Å². The van der Waals surface area contributed by atoms with Gasteiger partial charge in [0.25, 0.3) is 0 Å². The molecule has 0 bridgehead atoms. The summed E-state index contributed by atoms with van der Waals surface area (Å²) < 4.78 is 5.06. The van der Waals surface area contributed by atoms with Gasteiger partial charge in [-0.2, -0.15) is 0 Å². The van der Waals surface area contributed by atoms with E-state index in [1.807, 2.05) is 0 Å². The minimum absolute atomic E-state index is 0.0202. The number of carbonyl (C=O) groups excluding carboxylic acids is 1. The first kappa shape index (κ1) is 8.79. The predicted octanol–water partition coefficient (Wildman–Crippen LogP) is 2.15. The van der Waals surface area contributed by atoms with Gasteiger partial charge in [-0.25, -0.2) is 0 Å². The van der Waals surface area contributed by atoms with Crippen molar-refractivity contribution in [2.24, 2.45) is 17.8 Å². The maximum atomic E-state index is 11.4. The van der Waals surface area contributed by atoms with Crippen molar-refractivity contribution < 1.29 is 9.53 Å². The second kappa shape index (κ2) is 3.17. The monoisotopic (exact) mass is 180 g/mol. The van der Waals surface area contributed by atoms with E-state index in [2.05, 4.69) is 19.9 Å². The number of allylic oxidation sites excluding steroid dienone is 2. The van der Waals surface area contributed by atoms with Crippen molar-refractivity contribution in [1.29, 1.82) is 0 Å². The van der Waals surface area contributed by atoms with Crippen LogP contribution >= 0.6 is 0 Å². The van der Waals surface area contributed by atoms with Gasteiger partial charge >= 0.3 is 5.97 Å². The highest BCUT2D eigenvalue weighted by atomic mass is 16.5. The molecule has 0 aromatic rings. The summed E-state index contributed by atoms with van der Waals surface area (Å²) in [6, 6.07) is 0. The van der Waals surface area contributed by atoms with Crippen molar-refractivity contribution in [2.45, 2.75) is 26.7 Å². The topological polar surface area (TPSA) is 26.3 Å². The molecular weight excluding hydrogens is 164 g/mol. The van der Waals surface area contributed by atoms with Gasteiger partial charge in [-0.1, -0.05) is 18.6 Å². The van der Waals surface area contributed by atoms with Crippen LogP contribution in [-0.2, 0) is 9.53 Å². The fraction of sp³-hybridized carbons (Fsp3) is 0.727. The Kier molecular flexibility index (Phi) is 2.14. The predicted molar refractivity (Wildman–Crippen MR) is 50.1 cm³/mol. The van der Waals surface area contributed by atoms with E-state index < -0.39 is 0 Å². The number of hydrogen-bond acceptors (Lipinski definition) is 2. The van der Waals surface area contributed by atoms with E-state index in [0.717, 1.165) is 12.8 Å². The van der Waals surface area contributed by atoms with Crippen LogP contribution in [0.5, 0.6) is 0 Å². The Morgan fingerprint density at radius 3 is 3.08 bits per heavy atom. The van der Waals surface area contributed by atoms with Crippen LogP contribution in [0.15, 0.2) is 11.6 Å². The first-order valence-corrected chi connectivity index (χ1v) is 5.03. The second-order valence-electron chi connectivity index (χ2n) is 4.27. The Hall–Kier alpha value is -0.790. The van der Waals surface area contributed by atoms with Crippen LogP contribution in [0, 0.1) is 17.8 Å². The number of cyclic esters (lactones) is 1. The van der Waals surface area contributed by atoms with Gasteiger partial charge in [0.05, 0.1) is 12.5 Å². The van der Waals surface area contributed by atoms with Crippen LogP contribution in [0.25, 0.3) is 0 Å². The minimum atomic E-state index is 0.0202. The van der Waals surface area contributed by atoms with Crippen molar-refractivity contribution in [2.75, 3.05) is 6.61 Å². The number of carbonyl (C=O) groups is 1. The molecule has 2 aliphatic rings. The quantitative estimate of drug-likeness (QED) is 0.422. The van der Waals surface area contributed by atoms with Crippen LogP contribution in [0.2, 0.25) is 0 Å². The lowest BCUT2D eigenvalue weighted by Crippen LogP contribution is -2.35. The average molecular weight is 180 g/mol. The van der Waals surface area contributed by atoms with Crippen LogP contribution < -0.4 is 0 Å². The Morgan fingerprint density at radius 2 is 2.31 bits per heavy atom. The number of esters is 1. The SMILES string of the molecule is CC1=C[C@H]2CCOC(=O)[C@H]2C[C@H]1C. The van der Waals surface area contributed by atoms with Crippen molar-refractivity contribution in [3.8, 4) is 0 Å². The molecular formula is C11H16O2. The molecule has 2 nitrogen and oxygen atoms in total. The fourth-order valence-electron chi connectivity index (χ4n) is 2.32. The molecule has 0 aromatic heterocycles. The lowest BCUT2D eigenvalue weighted by Gasteiger charge is -2.34. The standard InChI is InChI=1S/C11H16O2/c1-7-5-9-3-4-13-11(12)10(9)6-8(7)2/h5,8-10H,3-4,6H2,1-2H3/t8-,9-,10+/m1/s1. The molecule has 3 atom stereocenters. The Balaban J connectivity index is 2.21. The molecule has 1 saturated heterocycles. The maximum Gasteiger partial charge on any atom is 0.309 e. The third-order valence-corrected chi connectivity index (χ3v) is 3.38. The molecule has 1 aliphatic heterocycles. The van der Waals surface area contributed by atoms with E-state index in [4.69, 9.17) is 4.74 Å². The van der Waals surface area contributed by atoms with E-state index in [1.54, 1.807) is 0 Å². The second-order valence-corrected chi connectivity index (χ2v) is 4.27. The molecule has 1 aliphatic carbocycles. The van der Waals surface area contributed by atoms with Crippen molar-refractivity contribution in [3.63, 3.8) is 0 Å². The summed E-state index contributed by atoms with van der Waals surface area (Å²) in [6.45, 7) is 4.96. The summed E-state index contributed by atoms with van der Waals surface area (Å²) in [5.74, 6) is 1.17. The van der Waals surface area contributed by atoms with E-state index >= 15 is 0 Å². The fourth-order valence-corrected chi connectivity index (χ4v) is 2.32. The Morgan fingerprint density at radius 1 is 1.54 bits per heavy atom. The number of rotatable bonds is 0. The molecule has 0 spiro atoms. The summed E-state index contributed by atoms with van der Waals surface area (Å²) in [4.78, 5) is 11.4. The molecule has 2 heteroatoms. The summed E-state index contributed by atoms with van der Waals surface area (Å²) in [5.41, 5.74) is 1.44. The van der Waals surface area contributed by atoms with Crippen LogP contribution in [-0.4, -0.2) is 12.6 Å². The molecule has 0 unspecified atom stereocenters. The van der Waals surface area contributed by atoms with Gasteiger partial charge in [0, 0.05) is 0 Å². The Bertz CT molecular complexity index is 255. The van der Waals surface area contributed by atoms with E-state index in [-0.39, 0.29) is 11.9 Å². The third-order valence-electron chi connectivity index (χ3n) is 3.38. The van der Waals surface area contributed by atoms with E-state index in [1.165, 1.54) is 5.57 Å². The van der Waals surface area contributed by atoms with Gasteiger partial charge < -0.3 is 4.74 Å². The largest absolute Gasteiger partial charge is 0.465 e. The van der Waals surface area contributed by atoms with Gasteiger partial charge in [0.1, 0.15) is 0 Å². The minimum Gasteiger partial charge on any atom is -0.465 e. The van der Waals surface area contributed by atoms with Gasteiger partial charge in [0.15, 0.2) is 0 Å². The summed E-state index contributed by atoms with van der Waals surface area (Å²) in [7, 11) is 0. The molecule has 0 radical (unpaired) electrons. The van der Waals surface area contributed by atoms with Crippen LogP contribution in [0.4, 0.5) is 0 Å². The highest BCUT2D eigenvalue weighted by molar-refractivity contribution is 5.74. The zero-order valence-electron chi connectivity index (χ0n) is 8.25. The lowest BCUT2D eigenvalue weighted by molar-refractivity contribution is -0.156. The number of fused-ring (bicyclic) bond motifs is 1. The summed E-state index contributed by atoms with van der Waals surface area (Å²) in [6.07, 6.45) is 4.27. The van der Waals surface area contributed by atoms with Crippen LogP contribution in [0.1, 0.15) is 26.7 Å². The molecule has 13 heavy (non-hydrogen) atoms. The normalized spacial score (nSPS) is 39.1. The van der Waals surface area contributed by atoms with Gasteiger partial charge in [0.2, 0.25) is 0 Å². The first-order valence-electron chi connectivity index (χ1n) is 5.03. The summed E-state index contributed by atoms with van der Waals surface area (Å²) in [5, 5.41) is 0. The maximum absolute atomic E-state index is 11.4. The first-order chi connectivity index (χ1) is 6.18. The molecule has 1 heterocycles. The smallest absolute Gasteiger partial charge is 0.309 e. The molecule has 0 N–H and O–H groups in total. The highest BCUT2D eigenvalue weighted by Crippen LogP contribution is 2.37. The average Bonchev–Trinajstić information content (AvgIpc) is 2.09. The summed E-state index contributed by atoms with van der Waals surface area (Å²) >= 11 is 0. The van der Waals surface area contributed by atoms with Gasteiger partial charge in [-0.3, -0.25) is 4.79 Å². The molecule has 72 valence electrons. The third kappa shape index (κ3) is 1.50. The van der Waals surface area contributed by atoms with Crippen molar-refractivity contribution >= 4 is 5.97 Å².